The average Bonchev–Trinajstić information content (AvgIpc) is 3.75. The molecule has 0 atom stereocenters. The quantitative estimate of drug-likeness (QED) is 0.187. The van der Waals surface area contributed by atoms with Crippen molar-refractivity contribution in [3.8, 4) is 27.9 Å². The fourth-order valence-corrected chi connectivity index (χ4v) is 13.7. The lowest BCUT2D eigenvalue weighted by Gasteiger charge is -2.31. The maximum absolute atomic E-state index is 2.57. The second-order valence-electron chi connectivity index (χ2n) is 12.4. The molecule has 0 saturated heterocycles. The van der Waals surface area contributed by atoms with Crippen molar-refractivity contribution in [1.82, 2.24) is 4.57 Å². The highest BCUT2D eigenvalue weighted by molar-refractivity contribution is 7.22. The molecule has 0 saturated carbocycles. The molecule has 7 aromatic carbocycles. The highest BCUT2D eigenvalue weighted by Crippen LogP contribution is 2.44. The zero-order valence-electron chi connectivity index (χ0n) is 24.7. The maximum atomic E-state index is 2.57. The summed E-state index contributed by atoms with van der Waals surface area (Å²) >= 11 is 0. The lowest BCUT2D eigenvalue weighted by atomic mass is 10.0. The van der Waals surface area contributed by atoms with Gasteiger partial charge in [0.05, 0.1) is 11.0 Å². The Labute approximate surface area is 263 Å². The van der Waals surface area contributed by atoms with E-state index in [4.69, 9.17) is 0 Å². The van der Waals surface area contributed by atoms with E-state index in [1.165, 1.54) is 81.6 Å². The Bertz CT molecular complexity index is 2410. The van der Waals surface area contributed by atoms with Crippen LogP contribution in [0.25, 0.3) is 49.7 Å². The normalized spacial score (nSPS) is 13.9. The van der Waals surface area contributed by atoms with Crippen LogP contribution in [0.2, 0.25) is 0 Å². The summed E-state index contributed by atoms with van der Waals surface area (Å²) in [6.45, 7) is 0. The second kappa shape index (κ2) is 9.28. The van der Waals surface area contributed by atoms with Crippen molar-refractivity contribution in [2.24, 2.45) is 0 Å². The third kappa shape index (κ3) is 3.27. The average molecular weight is 588 g/mol. The van der Waals surface area contributed by atoms with Crippen LogP contribution in [0.5, 0.6) is 0 Å². The van der Waals surface area contributed by atoms with Gasteiger partial charge in [-0.25, -0.2) is 0 Å². The molecular formula is C43H29NSi. The van der Waals surface area contributed by atoms with Gasteiger partial charge in [-0.3, -0.25) is 0 Å². The van der Waals surface area contributed by atoms with Crippen molar-refractivity contribution < 1.29 is 0 Å². The molecule has 8 aromatic rings. The molecule has 45 heavy (non-hydrogen) atoms. The minimum atomic E-state index is -2.54. The van der Waals surface area contributed by atoms with Crippen molar-refractivity contribution in [2.45, 2.75) is 6.42 Å². The number of nitrogens with zero attached hydrogens (tertiary/aromatic N) is 1. The number of aromatic nitrogens is 1. The van der Waals surface area contributed by atoms with E-state index in [1.807, 2.05) is 0 Å². The molecule has 1 aromatic heterocycles. The van der Waals surface area contributed by atoms with E-state index in [0.717, 1.165) is 6.42 Å². The van der Waals surface area contributed by atoms with Gasteiger partial charge < -0.3 is 4.57 Å². The topological polar surface area (TPSA) is 4.93 Å². The van der Waals surface area contributed by atoms with Gasteiger partial charge in [-0.2, -0.15) is 0 Å². The zero-order valence-corrected chi connectivity index (χ0v) is 25.7. The molecule has 10 rings (SSSR count). The molecule has 0 fully saturated rings. The number of benzene rings is 7. The molecule has 210 valence electrons. The van der Waals surface area contributed by atoms with Gasteiger partial charge in [0, 0.05) is 22.9 Å². The smallest absolute Gasteiger partial charge is 0.180 e. The van der Waals surface area contributed by atoms with Gasteiger partial charge >= 0.3 is 0 Å². The van der Waals surface area contributed by atoms with Crippen LogP contribution < -0.4 is 20.7 Å². The van der Waals surface area contributed by atoms with Gasteiger partial charge in [0.25, 0.3) is 0 Å². The van der Waals surface area contributed by atoms with Gasteiger partial charge in [-0.1, -0.05) is 146 Å². The molecule has 0 unspecified atom stereocenters. The van der Waals surface area contributed by atoms with E-state index < -0.39 is 8.07 Å². The first-order valence-corrected chi connectivity index (χ1v) is 17.8. The third-order valence-corrected chi connectivity index (χ3v) is 15.2. The summed E-state index contributed by atoms with van der Waals surface area (Å²) in [4.78, 5) is 0. The summed E-state index contributed by atoms with van der Waals surface area (Å²) in [6.07, 6.45) is 0.943. The van der Waals surface area contributed by atoms with Gasteiger partial charge in [-0.05, 0) is 72.3 Å². The number of hydrogen-bond donors (Lipinski definition) is 0. The van der Waals surface area contributed by atoms with Crippen LogP contribution in [0.4, 0.5) is 0 Å². The molecule has 0 spiro atoms. The Morgan fingerprint density at radius 3 is 1.84 bits per heavy atom. The molecule has 0 bridgehead atoms. The van der Waals surface area contributed by atoms with E-state index in [-0.39, 0.29) is 0 Å². The van der Waals surface area contributed by atoms with E-state index in [9.17, 15) is 0 Å². The summed E-state index contributed by atoms with van der Waals surface area (Å²) in [6, 6.07) is 61.6. The maximum Gasteiger partial charge on any atom is 0.180 e. The Balaban J connectivity index is 1.27. The summed E-state index contributed by atoms with van der Waals surface area (Å²) in [5.41, 5.74) is 12.2. The zero-order chi connectivity index (χ0) is 29.5. The van der Waals surface area contributed by atoms with Gasteiger partial charge in [0.2, 0.25) is 0 Å². The molecule has 2 heteroatoms. The van der Waals surface area contributed by atoms with Crippen LogP contribution in [-0.2, 0) is 6.42 Å². The van der Waals surface area contributed by atoms with Crippen molar-refractivity contribution in [1.29, 1.82) is 0 Å². The molecule has 2 aliphatic rings. The number of para-hydroxylation sites is 2. The summed E-state index contributed by atoms with van der Waals surface area (Å²) in [7, 11) is -2.54. The van der Waals surface area contributed by atoms with Crippen molar-refractivity contribution in [3.05, 3.63) is 175 Å². The highest BCUT2D eigenvalue weighted by Gasteiger charge is 2.48. The van der Waals surface area contributed by atoms with Crippen LogP contribution in [0, 0.1) is 0 Å². The van der Waals surface area contributed by atoms with E-state index in [1.54, 1.807) is 0 Å². The molecule has 1 aliphatic carbocycles. The van der Waals surface area contributed by atoms with Crippen molar-refractivity contribution in [2.75, 3.05) is 0 Å². The predicted molar refractivity (Wildman–Crippen MR) is 192 cm³/mol. The Morgan fingerprint density at radius 2 is 1.09 bits per heavy atom. The standard InChI is InChI=1S/C43H29NSi/c1-3-13-30(14-4-1)44-40-20-10-7-17-34(40)37-26-25-33-38-28-32(24-23-29(38)27-39(33)43(37)44)45(31-15-5-2-6-16-31)41-21-11-8-18-35(41)36-19-9-12-22-42(36)45/h1-26,28H,27H2. The summed E-state index contributed by atoms with van der Waals surface area (Å²) < 4.78 is 2.49. The first-order valence-electron chi connectivity index (χ1n) is 15.8. The molecule has 0 N–H and O–H groups in total. The van der Waals surface area contributed by atoms with Gasteiger partial charge in [0.15, 0.2) is 8.07 Å². The molecule has 1 aliphatic heterocycles. The fourth-order valence-electron chi connectivity index (χ4n) is 8.52. The lowest BCUT2D eigenvalue weighted by molar-refractivity contribution is 1.15. The summed E-state index contributed by atoms with van der Waals surface area (Å²) in [5, 5.41) is 8.53. The molecule has 0 amide bonds. The van der Waals surface area contributed by atoms with Crippen LogP contribution >= 0.6 is 0 Å². The largest absolute Gasteiger partial charge is 0.309 e. The number of rotatable bonds is 3. The number of hydrogen-bond acceptors (Lipinski definition) is 0. The van der Waals surface area contributed by atoms with Crippen molar-refractivity contribution in [3.63, 3.8) is 0 Å². The van der Waals surface area contributed by atoms with E-state index >= 15 is 0 Å². The molecule has 1 nitrogen and oxygen atoms in total. The minimum Gasteiger partial charge on any atom is -0.309 e. The van der Waals surface area contributed by atoms with Gasteiger partial charge in [0.1, 0.15) is 0 Å². The van der Waals surface area contributed by atoms with E-state index in [2.05, 4.69) is 168 Å². The van der Waals surface area contributed by atoms with Crippen LogP contribution in [0.15, 0.2) is 164 Å². The van der Waals surface area contributed by atoms with E-state index in [0.29, 0.717) is 0 Å². The Hall–Kier alpha value is -5.44. The Morgan fingerprint density at radius 1 is 0.444 bits per heavy atom. The molecular weight excluding hydrogens is 559 g/mol. The minimum absolute atomic E-state index is 0.943. The molecule has 2 heterocycles. The monoisotopic (exact) mass is 587 g/mol. The SMILES string of the molecule is c1ccc(-n2c3ccccc3c3ccc4c(c32)Cc2ccc([Si]3(c5ccccc5)c5ccccc5-c5ccccc53)cc2-4)cc1. The van der Waals surface area contributed by atoms with Gasteiger partial charge in [-0.15, -0.1) is 0 Å². The third-order valence-electron chi connectivity index (χ3n) is 10.3. The second-order valence-corrected chi connectivity index (χ2v) is 16.2. The predicted octanol–water partition coefficient (Wildman–Crippen LogP) is 7.71. The lowest BCUT2D eigenvalue weighted by Crippen LogP contribution is -2.72. The molecule has 0 radical (unpaired) electrons. The first-order chi connectivity index (χ1) is 22.3. The fraction of sp³-hybridized carbons (Fsp3) is 0.0233. The first kappa shape index (κ1) is 24.9. The van der Waals surface area contributed by atoms with Crippen LogP contribution in [0.3, 0.4) is 0 Å². The van der Waals surface area contributed by atoms with Crippen LogP contribution in [0.1, 0.15) is 11.1 Å². The number of fused-ring (bicyclic) bond motifs is 10. The van der Waals surface area contributed by atoms with Crippen molar-refractivity contribution >= 4 is 50.6 Å². The highest BCUT2D eigenvalue weighted by atomic mass is 28.3. The van der Waals surface area contributed by atoms with Crippen LogP contribution in [-0.4, -0.2) is 12.6 Å². The Kier molecular flexibility index (Phi) is 5.14. The summed E-state index contributed by atoms with van der Waals surface area (Å²) in [5.74, 6) is 0.